The van der Waals surface area contributed by atoms with E-state index in [9.17, 15) is 9.59 Å². The molecule has 6 heteroatoms. The molecule has 1 aromatic heterocycles. The molecule has 0 aliphatic heterocycles. The summed E-state index contributed by atoms with van der Waals surface area (Å²) in [6, 6.07) is 2.17. The third-order valence-electron chi connectivity index (χ3n) is 3.73. The van der Waals surface area contributed by atoms with Crippen molar-refractivity contribution in [3.05, 3.63) is 22.4 Å². The van der Waals surface area contributed by atoms with E-state index in [0.717, 1.165) is 17.3 Å². The van der Waals surface area contributed by atoms with Crippen molar-refractivity contribution in [2.75, 3.05) is 6.54 Å². The lowest BCUT2D eigenvalue weighted by Gasteiger charge is -2.25. The van der Waals surface area contributed by atoms with Crippen LogP contribution in [0.15, 0.2) is 16.7 Å². The van der Waals surface area contributed by atoms with Gasteiger partial charge in [-0.25, -0.2) is 0 Å². The summed E-state index contributed by atoms with van der Waals surface area (Å²) in [5, 5.41) is 9.08. The molecule has 1 aliphatic rings. The van der Waals surface area contributed by atoms with Gasteiger partial charge < -0.3 is 14.6 Å². The minimum atomic E-state index is -0.867. The quantitative estimate of drug-likeness (QED) is 0.851. The Kier molecular flexibility index (Phi) is 4.76. The van der Waals surface area contributed by atoms with Gasteiger partial charge in [0.05, 0.1) is 5.92 Å². The van der Waals surface area contributed by atoms with Gasteiger partial charge >= 0.3 is 5.97 Å². The fraction of sp³-hybridized carbons (Fsp3) is 0.600. The van der Waals surface area contributed by atoms with E-state index in [-0.39, 0.29) is 24.5 Å². The molecule has 0 radical (unpaired) electrons. The third-order valence-corrected chi connectivity index (χ3v) is 4.16. The van der Waals surface area contributed by atoms with Crippen LogP contribution in [-0.2, 0) is 4.79 Å². The zero-order chi connectivity index (χ0) is 15.7. The van der Waals surface area contributed by atoms with E-state index in [1.807, 2.05) is 30.7 Å². The number of carboxylic acid groups (broad SMARTS) is 1. The van der Waals surface area contributed by atoms with Crippen LogP contribution in [0.1, 0.15) is 50.1 Å². The summed E-state index contributed by atoms with van der Waals surface area (Å²) in [6.45, 7) is 5.94. The van der Waals surface area contributed by atoms with Gasteiger partial charge in [-0.2, -0.15) is 0 Å². The zero-order valence-electron chi connectivity index (χ0n) is 12.5. The van der Waals surface area contributed by atoms with Crippen LogP contribution >= 0.6 is 15.9 Å². The predicted octanol–water partition coefficient (Wildman–Crippen LogP) is 3.16. The van der Waals surface area contributed by atoms with Crippen LogP contribution in [0.25, 0.3) is 0 Å². The normalized spacial score (nSPS) is 16.0. The maximum absolute atomic E-state index is 12.8. The molecule has 5 nitrogen and oxygen atoms in total. The molecule has 21 heavy (non-hydrogen) atoms. The molecular weight excluding hydrogens is 336 g/mol. The van der Waals surface area contributed by atoms with Crippen molar-refractivity contribution in [3.63, 3.8) is 0 Å². The summed E-state index contributed by atoms with van der Waals surface area (Å²) in [4.78, 5) is 25.6. The van der Waals surface area contributed by atoms with Gasteiger partial charge in [-0.1, -0.05) is 6.92 Å². The number of hydrogen-bond donors (Lipinski definition) is 1. The van der Waals surface area contributed by atoms with Crippen molar-refractivity contribution in [2.45, 2.75) is 45.7 Å². The lowest BCUT2D eigenvalue weighted by atomic mass is 10.1. The van der Waals surface area contributed by atoms with Gasteiger partial charge in [0.1, 0.15) is 5.69 Å². The van der Waals surface area contributed by atoms with Crippen LogP contribution in [0, 0.1) is 5.92 Å². The van der Waals surface area contributed by atoms with Crippen LogP contribution < -0.4 is 0 Å². The summed E-state index contributed by atoms with van der Waals surface area (Å²) >= 11 is 3.41. The lowest BCUT2D eigenvalue weighted by molar-refractivity contribution is -0.141. The van der Waals surface area contributed by atoms with E-state index in [4.69, 9.17) is 5.11 Å². The highest BCUT2D eigenvalue weighted by Crippen LogP contribution is 2.30. The van der Waals surface area contributed by atoms with Gasteiger partial charge in [-0.15, -0.1) is 0 Å². The standard InChI is InChI=1S/C15H21BrN2O3/c1-9(2)17-8-11(16)6-13(17)14(19)18(12-4-5-12)7-10(3)15(20)21/h6,8-10,12H,4-5,7H2,1-3H3,(H,20,21). The first kappa shape index (κ1) is 16.1. The number of aliphatic carboxylic acids is 1. The first-order valence-electron chi connectivity index (χ1n) is 7.22. The molecule has 1 aromatic rings. The van der Waals surface area contributed by atoms with Crippen molar-refractivity contribution < 1.29 is 14.7 Å². The second-order valence-electron chi connectivity index (χ2n) is 5.97. The molecule has 0 aromatic carbocycles. The Labute approximate surface area is 133 Å². The largest absolute Gasteiger partial charge is 0.481 e. The highest BCUT2D eigenvalue weighted by molar-refractivity contribution is 9.10. The van der Waals surface area contributed by atoms with E-state index < -0.39 is 11.9 Å². The second kappa shape index (κ2) is 6.22. The number of hydrogen-bond acceptors (Lipinski definition) is 2. The topological polar surface area (TPSA) is 62.5 Å². The molecule has 1 amide bonds. The number of carbonyl (C=O) groups excluding carboxylic acids is 1. The molecule has 1 N–H and O–H groups in total. The minimum Gasteiger partial charge on any atom is -0.481 e. The number of rotatable bonds is 6. The maximum Gasteiger partial charge on any atom is 0.308 e. The Bertz CT molecular complexity index is 549. The molecule has 1 fully saturated rings. The number of halogens is 1. The van der Waals surface area contributed by atoms with Crippen molar-refractivity contribution in [1.29, 1.82) is 0 Å². The first-order chi connectivity index (χ1) is 9.81. The van der Waals surface area contributed by atoms with E-state index in [0.29, 0.717) is 5.69 Å². The van der Waals surface area contributed by atoms with Gasteiger partial charge in [0.25, 0.3) is 5.91 Å². The molecule has 1 atom stereocenters. The highest BCUT2D eigenvalue weighted by atomic mass is 79.9. The minimum absolute atomic E-state index is 0.0787. The molecule has 1 unspecified atom stereocenters. The highest BCUT2D eigenvalue weighted by Gasteiger charge is 2.36. The fourth-order valence-electron chi connectivity index (χ4n) is 2.35. The lowest BCUT2D eigenvalue weighted by Crippen LogP contribution is -2.39. The van der Waals surface area contributed by atoms with Crippen LogP contribution in [0.4, 0.5) is 0 Å². The molecule has 0 spiro atoms. The Morgan fingerprint density at radius 2 is 2.05 bits per heavy atom. The molecule has 1 heterocycles. The van der Waals surface area contributed by atoms with E-state index in [2.05, 4.69) is 15.9 Å². The Morgan fingerprint density at radius 1 is 1.43 bits per heavy atom. The van der Waals surface area contributed by atoms with Gasteiger partial charge in [0, 0.05) is 29.3 Å². The zero-order valence-corrected chi connectivity index (χ0v) is 14.1. The van der Waals surface area contributed by atoms with Crippen molar-refractivity contribution in [3.8, 4) is 0 Å². The average Bonchev–Trinajstić information content (AvgIpc) is 3.16. The summed E-state index contributed by atoms with van der Waals surface area (Å²) in [5.41, 5.74) is 0.612. The van der Waals surface area contributed by atoms with Crippen LogP contribution in [0.2, 0.25) is 0 Å². The number of carboxylic acids is 1. The molecule has 0 saturated heterocycles. The summed E-state index contributed by atoms with van der Waals surface area (Å²) in [5.74, 6) is -1.50. The molecule has 1 saturated carbocycles. The Morgan fingerprint density at radius 3 is 2.52 bits per heavy atom. The number of carbonyl (C=O) groups is 2. The van der Waals surface area contributed by atoms with Gasteiger partial charge in [-0.05, 0) is 48.7 Å². The van der Waals surface area contributed by atoms with Crippen LogP contribution in [0.5, 0.6) is 0 Å². The molecule has 0 bridgehead atoms. The van der Waals surface area contributed by atoms with Gasteiger partial charge in [0.15, 0.2) is 0 Å². The van der Waals surface area contributed by atoms with Crippen molar-refractivity contribution >= 4 is 27.8 Å². The molecular formula is C15H21BrN2O3. The number of aromatic nitrogens is 1. The van der Waals surface area contributed by atoms with E-state index >= 15 is 0 Å². The number of amides is 1. The Balaban J connectivity index is 2.24. The van der Waals surface area contributed by atoms with Crippen molar-refractivity contribution in [2.24, 2.45) is 5.92 Å². The smallest absolute Gasteiger partial charge is 0.308 e. The average molecular weight is 357 g/mol. The summed E-state index contributed by atoms with van der Waals surface area (Å²) < 4.78 is 2.79. The maximum atomic E-state index is 12.8. The van der Waals surface area contributed by atoms with Crippen LogP contribution in [-0.4, -0.2) is 39.0 Å². The third kappa shape index (κ3) is 3.67. The number of nitrogens with zero attached hydrogens (tertiary/aromatic N) is 2. The van der Waals surface area contributed by atoms with E-state index in [1.165, 1.54) is 0 Å². The molecule has 2 rings (SSSR count). The molecule has 116 valence electrons. The second-order valence-corrected chi connectivity index (χ2v) is 6.89. The van der Waals surface area contributed by atoms with Crippen molar-refractivity contribution in [1.82, 2.24) is 9.47 Å². The van der Waals surface area contributed by atoms with Crippen LogP contribution in [0.3, 0.4) is 0 Å². The van der Waals surface area contributed by atoms with E-state index in [1.54, 1.807) is 11.8 Å². The van der Waals surface area contributed by atoms with Gasteiger partial charge in [0.2, 0.25) is 0 Å². The van der Waals surface area contributed by atoms with Gasteiger partial charge in [-0.3, -0.25) is 9.59 Å². The monoisotopic (exact) mass is 356 g/mol. The summed E-state index contributed by atoms with van der Waals surface area (Å²) in [7, 11) is 0. The predicted molar refractivity (Wildman–Crippen MR) is 83.4 cm³/mol. The fourth-order valence-corrected chi connectivity index (χ4v) is 2.79. The Hall–Kier alpha value is -1.30. The molecule has 1 aliphatic carbocycles. The SMILES string of the molecule is CC(CN(C(=O)c1cc(Br)cn1C(C)C)C1CC1)C(=O)O. The first-order valence-corrected chi connectivity index (χ1v) is 8.01. The summed E-state index contributed by atoms with van der Waals surface area (Å²) in [6.07, 6.45) is 3.81.